The van der Waals surface area contributed by atoms with E-state index in [0.29, 0.717) is 15.7 Å². The molecule has 2 N–H and O–H groups in total. The van der Waals surface area contributed by atoms with Crippen LogP contribution in [0.15, 0.2) is 12.1 Å². The quantitative estimate of drug-likeness (QED) is 0.893. The molecule has 0 aliphatic rings. The monoisotopic (exact) mass is 303 g/mol. The molecule has 0 heterocycles. The summed E-state index contributed by atoms with van der Waals surface area (Å²) in [6.07, 6.45) is 0. The lowest BCUT2D eigenvalue weighted by molar-refractivity contribution is -0.145. The molecule has 6 heteroatoms. The largest absolute Gasteiger partial charge is 0.481 e. The van der Waals surface area contributed by atoms with Crippen LogP contribution in [0.5, 0.6) is 0 Å². The van der Waals surface area contributed by atoms with E-state index in [0.717, 1.165) is 5.56 Å². The maximum atomic E-state index is 11.9. The minimum absolute atomic E-state index is 0.366. The molecule has 2 unspecified atom stereocenters. The van der Waals surface area contributed by atoms with Gasteiger partial charge in [0, 0.05) is 10.9 Å². The van der Waals surface area contributed by atoms with Crippen LogP contribution in [0.1, 0.15) is 19.4 Å². The average Bonchev–Trinajstić information content (AvgIpc) is 2.33. The van der Waals surface area contributed by atoms with Crippen molar-refractivity contribution < 1.29 is 14.7 Å². The first-order valence-corrected chi connectivity index (χ1v) is 6.49. The highest BCUT2D eigenvalue weighted by atomic mass is 35.5. The molecule has 0 aromatic heterocycles. The van der Waals surface area contributed by atoms with Gasteiger partial charge in [-0.1, -0.05) is 37.0 Å². The van der Waals surface area contributed by atoms with E-state index in [9.17, 15) is 9.59 Å². The summed E-state index contributed by atoms with van der Waals surface area (Å²) < 4.78 is 0. The SMILES string of the molecule is Cc1cc(Cl)c(NC(=O)C(C)C(C)C(=O)O)cc1Cl. The fraction of sp³-hybridized carbons (Fsp3) is 0.385. The van der Waals surface area contributed by atoms with Crippen LogP contribution >= 0.6 is 23.2 Å². The van der Waals surface area contributed by atoms with E-state index >= 15 is 0 Å². The molecule has 4 nitrogen and oxygen atoms in total. The van der Waals surface area contributed by atoms with E-state index in [2.05, 4.69) is 5.32 Å². The van der Waals surface area contributed by atoms with E-state index in [1.165, 1.54) is 6.92 Å². The van der Waals surface area contributed by atoms with Crippen molar-refractivity contribution in [3.63, 3.8) is 0 Å². The maximum Gasteiger partial charge on any atom is 0.307 e. The van der Waals surface area contributed by atoms with Gasteiger partial charge in [-0.25, -0.2) is 0 Å². The first-order valence-electron chi connectivity index (χ1n) is 5.73. The summed E-state index contributed by atoms with van der Waals surface area (Å²) in [5.74, 6) is -2.87. The number of aryl methyl sites for hydroxylation is 1. The highest BCUT2D eigenvalue weighted by molar-refractivity contribution is 6.36. The molecule has 0 aliphatic carbocycles. The molecule has 2 atom stereocenters. The fourth-order valence-electron chi connectivity index (χ4n) is 1.43. The molecular formula is C13H15Cl2NO3. The van der Waals surface area contributed by atoms with Gasteiger partial charge in [0.1, 0.15) is 0 Å². The van der Waals surface area contributed by atoms with Gasteiger partial charge in [0.2, 0.25) is 5.91 Å². The number of hydrogen-bond donors (Lipinski definition) is 2. The molecular weight excluding hydrogens is 289 g/mol. The summed E-state index contributed by atoms with van der Waals surface area (Å²) in [6, 6.07) is 3.19. The fourth-order valence-corrected chi connectivity index (χ4v) is 1.86. The maximum absolute atomic E-state index is 11.9. The lowest BCUT2D eigenvalue weighted by atomic mass is 9.95. The van der Waals surface area contributed by atoms with Crippen molar-refractivity contribution in [3.8, 4) is 0 Å². The van der Waals surface area contributed by atoms with E-state index in [1.807, 2.05) is 0 Å². The molecule has 0 saturated carbocycles. The number of amides is 1. The van der Waals surface area contributed by atoms with Crippen molar-refractivity contribution in [2.75, 3.05) is 5.32 Å². The molecule has 1 aromatic carbocycles. The van der Waals surface area contributed by atoms with Crippen molar-refractivity contribution in [2.24, 2.45) is 11.8 Å². The number of aliphatic carboxylic acids is 1. The van der Waals surface area contributed by atoms with Crippen molar-refractivity contribution in [1.82, 2.24) is 0 Å². The van der Waals surface area contributed by atoms with Gasteiger partial charge >= 0.3 is 5.97 Å². The van der Waals surface area contributed by atoms with Gasteiger partial charge in [-0.2, -0.15) is 0 Å². The lowest BCUT2D eigenvalue weighted by Crippen LogP contribution is -2.30. The number of nitrogens with one attached hydrogen (secondary N) is 1. The Balaban J connectivity index is 2.88. The Hall–Kier alpha value is -1.26. The summed E-state index contributed by atoms with van der Waals surface area (Å²) in [4.78, 5) is 22.8. The van der Waals surface area contributed by atoms with Crippen molar-refractivity contribution in [1.29, 1.82) is 0 Å². The van der Waals surface area contributed by atoms with Crippen LogP contribution in [0, 0.1) is 18.8 Å². The Morgan fingerprint density at radius 2 is 1.74 bits per heavy atom. The Morgan fingerprint density at radius 1 is 1.16 bits per heavy atom. The normalized spacial score (nSPS) is 13.7. The molecule has 19 heavy (non-hydrogen) atoms. The Morgan fingerprint density at radius 3 is 2.26 bits per heavy atom. The molecule has 0 aliphatic heterocycles. The van der Waals surface area contributed by atoms with Gasteiger partial charge in [0.05, 0.1) is 16.6 Å². The van der Waals surface area contributed by atoms with Gasteiger partial charge in [0.15, 0.2) is 0 Å². The van der Waals surface area contributed by atoms with E-state index < -0.39 is 23.7 Å². The molecule has 0 saturated heterocycles. The molecule has 1 rings (SSSR count). The third-order valence-corrected chi connectivity index (χ3v) is 3.78. The average molecular weight is 304 g/mol. The number of carboxylic acids is 1. The number of rotatable bonds is 4. The highest BCUT2D eigenvalue weighted by Gasteiger charge is 2.26. The first kappa shape index (κ1) is 15.8. The number of anilines is 1. The third kappa shape index (κ3) is 3.85. The standard InChI is InChI=1S/C13H15Cl2NO3/c1-6-4-10(15)11(5-9(6)14)16-12(17)7(2)8(3)13(18)19/h4-5,7-8H,1-3H3,(H,16,17)(H,18,19). The Labute approximate surface area is 121 Å². The zero-order valence-electron chi connectivity index (χ0n) is 10.8. The van der Waals surface area contributed by atoms with Gasteiger partial charge < -0.3 is 10.4 Å². The van der Waals surface area contributed by atoms with Crippen LogP contribution in [0.4, 0.5) is 5.69 Å². The number of hydrogen-bond acceptors (Lipinski definition) is 2. The molecule has 0 spiro atoms. The molecule has 0 radical (unpaired) electrons. The Bertz CT molecular complexity index is 517. The van der Waals surface area contributed by atoms with Crippen LogP contribution in [0.2, 0.25) is 10.0 Å². The smallest absolute Gasteiger partial charge is 0.307 e. The van der Waals surface area contributed by atoms with Gasteiger partial charge in [-0.05, 0) is 24.6 Å². The summed E-state index contributed by atoms with van der Waals surface area (Å²) in [6.45, 7) is 4.84. The highest BCUT2D eigenvalue weighted by Crippen LogP contribution is 2.29. The van der Waals surface area contributed by atoms with Gasteiger partial charge in [-0.3, -0.25) is 9.59 Å². The first-order chi connectivity index (χ1) is 8.73. The molecule has 0 fully saturated rings. The predicted molar refractivity (Wildman–Crippen MR) is 75.8 cm³/mol. The predicted octanol–water partition coefficient (Wildman–Crippen LogP) is 3.60. The second kappa shape index (κ2) is 6.26. The Kier molecular flexibility index (Phi) is 5.20. The molecule has 1 amide bonds. The van der Waals surface area contributed by atoms with Gasteiger partial charge in [0.25, 0.3) is 0 Å². The zero-order chi connectivity index (χ0) is 14.7. The number of carbonyl (C=O) groups is 2. The third-order valence-electron chi connectivity index (χ3n) is 3.06. The van der Waals surface area contributed by atoms with E-state index in [-0.39, 0.29) is 0 Å². The van der Waals surface area contributed by atoms with Gasteiger partial charge in [-0.15, -0.1) is 0 Å². The topological polar surface area (TPSA) is 66.4 Å². The summed E-state index contributed by atoms with van der Waals surface area (Å²) in [5.41, 5.74) is 1.18. The summed E-state index contributed by atoms with van der Waals surface area (Å²) in [7, 11) is 0. The number of carboxylic acid groups (broad SMARTS) is 1. The minimum Gasteiger partial charge on any atom is -0.481 e. The number of benzene rings is 1. The van der Waals surface area contributed by atoms with Crippen LogP contribution in [0.25, 0.3) is 0 Å². The van der Waals surface area contributed by atoms with Crippen LogP contribution in [0.3, 0.4) is 0 Å². The molecule has 104 valence electrons. The second-order valence-electron chi connectivity index (χ2n) is 4.49. The van der Waals surface area contributed by atoms with Crippen molar-refractivity contribution in [2.45, 2.75) is 20.8 Å². The lowest BCUT2D eigenvalue weighted by Gasteiger charge is -2.16. The van der Waals surface area contributed by atoms with Crippen molar-refractivity contribution >= 4 is 40.8 Å². The second-order valence-corrected chi connectivity index (χ2v) is 5.30. The minimum atomic E-state index is -1.02. The molecule has 1 aromatic rings. The summed E-state index contributed by atoms with van der Waals surface area (Å²) >= 11 is 12.0. The summed E-state index contributed by atoms with van der Waals surface area (Å²) in [5, 5.41) is 12.3. The van der Waals surface area contributed by atoms with E-state index in [4.69, 9.17) is 28.3 Å². The van der Waals surface area contributed by atoms with E-state index in [1.54, 1.807) is 26.0 Å². The number of carbonyl (C=O) groups excluding carboxylic acids is 1. The van der Waals surface area contributed by atoms with Crippen LogP contribution < -0.4 is 5.32 Å². The van der Waals surface area contributed by atoms with Crippen LogP contribution in [-0.4, -0.2) is 17.0 Å². The van der Waals surface area contributed by atoms with Crippen LogP contribution in [-0.2, 0) is 9.59 Å². The van der Waals surface area contributed by atoms with Crippen molar-refractivity contribution in [3.05, 3.63) is 27.7 Å². The zero-order valence-corrected chi connectivity index (χ0v) is 12.3. The molecule has 0 bridgehead atoms. The number of halogens is 2.